The lowest BCUT2D eigenvalue weighted by Gasteiger charge is -2.00. The monoisotopic (exact) mass is 200 g/mol. The maximum absolute atomic E-state index is 10.4. The number of carboxylic acid groups (broad SMARTS) is 2. The number of hydrogen-bond donors (Lipinski definition) is 3. The Morgan fingerprint density at radius 1 is 1.57 bits per heavy atom. The first-order chi connectivity index (χ1) is 6.50. The molecule has 0 aliphatic rings. The third kappa shape index (κ3) is 2.30. The molecule has 14 heavy (non-hydrogen) atoms. The first kappa shape index (κ1) is 10.2. The predicted octanol–water partition coefficient (Wildman–Crippen LogP) is -0.673. The van der Waals surface area contributed by atoms with E-state index >= 15 is 0 Å². The molecule has 1 heterocycles. The van der Waals surface area contributed by atoms with E-state index in [1.165, 1.54) is 0 Å². The zero-order valence-electron chi connectivity index (χ0n) is 7.01. The summed E-state index contributed by atoms with van der Waals surface area (Å²) in [6.07, 6.45) is -0.0877. The number of aromatic nitrogens is 1. The molecule has 7 heteroatoms. The molecule has 1 aromatic rings. The first-order valence-electron chi connectivity index (χ1n) is 3.68. The second kappa shape index (κ2) is 3.88. The summed E-state index contributed by atoms with van der Waals surface area (Å²) in [5, 5.41) is 20.1. The van der Waals surface area contributed by atoms with Crippen LogP contribution in [-0.2, 0) is 11.2 Å². The van der Waals surface area contributed by atoms with Gasteiger partial charge in [-0.25, -0.2) is 4.79 Å². The van der Waals surface area contributed by atoms with E-state index in [0.717, 1.165) is 6.07 Å². The quantitative estimate of drug-likeness (QED) is 0.587. The van der Waals surface area contributed by atoms with Gasteiger partial charge >= 0.3 is 11.9 Å². The molecule has 1 rings (SSSR count). The maximum Gasteiger partial charge on any atom is 0.358 e. The molecule has 0 amide bonds. The van der Waals surface area contributed by atoms with Gasteiger partial charge in [0.25, 0.3) is 0 Å². The second-order valence-electron chi connectivity index (χ2n) is 2.63. The Labute approximate surface area is 78.1 Å². The topological polar surface area (TPSA) is 127 Å². The molecule has 0 aliphatic carbocycles. The second-order valence-corrected chi connectivity index (χ2v) is 2.63. The summed E-state index contributed by atoms with van der Waals surface area (Å²) in [7, 11) is 0. The summed E-state index contributed by atoms with van der Waals surface area (Å²) in [5.41, 5.74) is 4.93. The van der Waals surface area contributed by atoms with Gasteiger partial charge in [0.1, 0.15) is 11.8 Å². The van der Waals surface area contributed by atoms with Crippen LogP contribution in [-0.4, -0.2) is 33.4 Å². The summed E-state index contributed by atoms with van der Waals surface area (Å²) in [6, 6.07) is 0.0232. The highest BCUT2D eigenvalue weighted by molar-refractivity contribution is 5.85. The molecule has 0 radical (unpaired) electrons. The Morgan fingerprint density at radius 2 is 2.21 bits per heavy atom. The zero-order valence-corrected chi connectivity index (χ0v) is 7.01. The van der Waals surface area contributed by atoms with Gasteiger partial charge in [0.05, 0.1) is 0 Å². The Morgan fingerprint density at radius 3 is 2.64 bits per heavy atom. The van der Waals surface area contributed by atoms with Crippen molar-refractivity contribution in [3.05, 3.63) is 17.5 Å². The number of carboxylic acids is 2. The molecule has 0 aliphatic heterocycles. The molecule has 0 aromatic carbocycles. The van der Waals surface area contributed by atoms with E-state index < -0.39 is 18.0 Å². The zero-order chi connectivity index (χ0) is 10.7. The minimum absolute atomic E-state index is 0.0877. The number of nitrogens with zero attached hydrogens (tertiary/aromatic N) is 1. The normalized spacial score (nSPS) is 12.4. The molecule has 1 unspecified atom stereocenters. The minimum atomic E-state index is -1.23. The molecule has 0 saturated heterocycles. The molecule has 4 N–H and O–H groups in total. The molecular weight excluding hydrogens is 192 g/mol. The maximum atomic E-state index is 10.4. The smallest absolute Gasteiger partial charge is 0.358 e. The van der Waals surface area contributed by atoms with E-state index in [-0.39, 0.29) is 17.9 Å². The molecule has 76 valence electrons. The number of carbonyl (C=O) groups is 2. The van der Waals surface area contributed by atoms with Crippen LogP contribution in [0.2, 0.25) is 0 Å². The van der Waals surface area contributed by atoms with E-state index in [1.807, 2.05) is 0 Å². The number of nitrogens with two attached hydrogens (primary N) is 1. The van der Waals surface area contributed by atoms with E-state index in [9.17, 15) is 9.59 Å². The average molecular weight is 200 g/mol. The number of rotatable bonds is 4. The van der Waals surface area contributed by atoms with Crippen molar-refractivity contribution in [3.8, 4) is 0 Å². The van der Waals surface area contributed by atoms with Crippen LogP contribution in [0.4, 0.5) is 0 Å². The van der Waals surface area contributed by atoms with Crippen molar-refractivity contribution in [3.63, 3.8) is 0 Å². The van der Waals surface area contributed by atoms with Crippen molar-refractivity contribution in [1.82, 2.24) is 5.16 Å². The highest BCUT2D eigenvalue weighted by Crippen LogP contribution is 2.05. The van der Waals surface area contributed by atoms with Crippen LogP contribution in [0.15, 0.2) is 10.6 Å². The van der Waals surface area contributed by atoms with Crippen LogP contribution in [0.3, 0.4) is 0 Å². The van der Waals surface area contributed by atoms with Crippen molar-refractivity contribution in [1.29, 1.82) is 0 Å². The molecule has 1 aromatic heterocycles. The third-order valence-electron chi connectivity index (χ3n) is 1.52. The summed E-state index contributed by atoms with van der Waals surface area (Å²) in [4.78, 5) is 20.7. The van der Waals surface area contributed by atoms with Gasteiger partial charge in [-0.15, -0.1) is 0 Å². The van der Waals surface area contributed by atoms with E-state index in [4.69, 9.17) is 15.9 Å². The van der Waals surface area contributed by atoms with E-state index in [2.05, 4.69) is 9.68 Å². The van der Waals surface area contributed by atoms with Gasteiger partial charge in [-0.05, 0) is 0 Å². The van der Waals surface area contributed by atoms with Crippen LogP contribution < -0.4 is 5.73 Å². The number of aromatic carboxylic acids is 1. The van der Waals surface area contributed by atoms with Crippen LogP contribution in [0, 0.1) is 0 Å². The highest BCUT2D eigenvalue weighted by Gasteiger charge is 2.17. The average Bonchev–Trinajstić information content (AvgIpc) is 2.52. The molecule has 0 bridgehead atoms. The molecule has 0 fully saturated rings. The largest absolute Gasteiger partial charge is 0.480 e. The first-order valence-corrected chi connectivity index (χ1v) is 3.68. The molecule has 0 saturated carbocycles. The summed E-state index contributed by atoms with van der Waals surface area (Å²) < 4.78 is 4.57. The van der Waals surface area contributed by atoms with Gasteiger partial charge in [0, 0.05) is 12.5 Å². The fourth-order valence-electron chi connectivity index (χ4n) is 0.814. The standard InChI is InChI=1S/C7H8N2O5/c8-4(6(10)11)1-3-2-5(7(12)13)9-14-3/h2,4H,1,8H2,(H,10,11)(H,12,13). The third-order valence-corrected chi connectivity index (χ3v) is 1.52. The van der Waals surface area contributed by atoms with Gasteiger partial charge in [-0.3, -0.25) is 4.79 Å². The SMILES string of the molecule is NC(Cc1cc(C(=O)O)no1)C(=O)O. The summed E-state index contributed by atoms with van der Waals surface area (Å²) in [6.45, 7) is 0. The Hall–Kier alpha value is -1.89. The number of aliphatic carboxylic acids is 1. The molecule has 7 nitrogen and oxygen atoms in total. The van der Waals surface area contributed by atoms with Crippen molar-refractivity contribution >= 4 is 11.9 Å². The lowest BCUT2D eigenvalue weighted by molar-refractivity contribution is -0.138. The van der Waals surface area contributed by atoms with Crippen molar-refractivity contribution in [2.45, 2.75) is 12.5 Å². The Kier molecular flexibility index (Phi) is 2.82. The van der Waals surface area contributed by atoms with E-state index in [0.29, 0.717) is 0 Å². The number of hydrogen-bond acceptors (Lipinski definition) is 5. The van der Waals surface area contributed by atoms with Gasteiger partial charge in [-0.1, -0.05) is 5.16 Å². The van der Waals surface area contributed by atoms with E-state index in [1.54, 1.807) is 0 Å². The van der Waals surface area contributed by atoms with Gasteiger partial charge in [0.15, 0.2) is 5.69 Å². The molecule has 1 atom stereocenters. The van der Waals surface area contributed by atoms with Crippen molar-refractivity contribution in [2.75, 3.05) is 0 Å². The fourth-order valence-corrected chi connectivity index (χ4v) is 0.814. The Balaban J connectivity index is 2.69. The van der Waals surface area contributed by atoms with Gasteiger partial charge in [-0.2, -0.15) is 0 Å². The van der Waals surface area contributed by atoms with Crippen molar-refractivity contribution < 1.29 is 24.3 Å². The highest BCUT2D eigenvalue weighted by atomic mass is 16.5. The minimum Gasteiger partial charge on any atom is -0.480 e. The summed E-state index contributed by atoms with van der Waals surface area (Å²) in [5.74, 6) is -2.28. The Bertz CT molecular complexity index is 359. The van der Waals surface area contributed by atoms with Crippen LogP contribution in [0.1, 0.15) is 16.2 Å². The van der Waals surface area contributed by atoms with Crippen molar-refractivity contribution in [2.24, 2.45) is 5.73 Å². The molecular formula is C7H8N2O5. The van der Waals surface area contributed by atoms with Crippen LogP contribution >= 0.6 is 0 Å². The lowest BCUT2D eigenvalue weighted by Crippen LogP contribution is -2.32. The predicted molar refractivity (Wildman–Crippen MR) is 42.8 cm³/mol. The van der Waals surface area contributed by atoms with Crippen LogP contribution in [0.25, 0.3) is 0 Å². The van der Waals surface area contributed by atoms with Gasteiger partial charge in [0.2, 0.25) is 0 Å². The van der Waals surface area contributed by atoms with Gasteiger partial charge < -0.3 is 20.5 Å². The lowest BCUT2D eigenvalue weighted by atomic mass is 10.2. The molecule has 0 spiro atoms. The fraction of sp³-hybridized carbons (Fsp3) is 0.286. The van der Waals surface area contributed by atoms with Crippen LogP contribution in [0.5, 0.6) is 0 Å². The summed E-state index contributed by atoms with van der Waals surface area (Å²) >= 11 is 0.